The Labute approximate surface area is 113 Å². The number of rotatable bonds is 1. The molecule has 2 atom stereocenters. The summed E-state index contributed by atoms with van der Waals surface area (Å²) in [5.41, 5.74) is 5.99. The molecule has 1 saturated heterocycles. The molecular weight excluding hydrogens is 276 g/mol. The van der Waals surface area contributed by atoms with Crippen molar-refractivity contribution >= 4 is 17.4 Å². The molecule has 0 aliphatic carbocycles. The second-order valence-electron chi connectivity index (χ2n) is 4.64. The molecule has 2 N–H and O–H groups in total. The van der Waals surface area contributed by atoms with E-state index in [0.29, 0.717) is 25.5 Å². The van der Waals surface area contributed by atoms with Gasteiger partial charge in [0, 0.05) is 23.0 Å². The lowest BCUT2D eigenvalue weighted by Crippen LogP contribution is -2.39. The molecule has 3 rings (SSSR count). The van der Waals surface area contributed by atoms with E-state index in [-0.39, 0.29) is 10.6 Å². The fourth-order valence-electron chi connectivity index (χ4n) is 2.60. The third-order valence-electron chi connectivity index (χ3n) is 3.50. The van der Waals surface area contributed by atoms with Crippen LogP contribution in [0.1, 0.15) is 11.5 Å². The van der Waals surface area contributed by atoms with E-state index in [1.165, 1.54) is 0 Å². The predicted molar refractivity (Wildman–Crippen MR) is 67.0 cm³/mol. The minimum atomic E-state index is -0.674. The summed E-state index contributed by atoms with van der Waals surface area (Å²) >= 11 is 5.62. The number of hydrogen-bond acceptors (Lipinski definition) is 4. The second-order valence-corrected chi connectivity index (χ2v) is 5.08. The van der Waals surface area contributed by atoms with Gasteiger partial charge in [-0.1, -0.05) is 16.8 Å². The molecule has 1 fully saturated rings. The van der Waals surface area contributed by atoms with Crippen LogP contribution >= 0.6 is 11.6 Å². The summed E-state index contributed by atoms with van der Waals surface area (Å²) in [5.74, 6) is -1.29. The lowest BCUT2D eigenvalue weighted by atomic mass is 9.93. The van der Waals surface area contributed by atoms with Gasteiger partial charge in [0.05, 0.1) is 12.6 Å². The van der Waals surface area contributed by atoms with Crippen molar-refractivity contribution in [2.75, 3.05) is 19.7 Å². The lowest BCUT2D eigenvalue weighted by Gasteiger charge is -2.22. The molecule has 0 unspecified atom stereocenters. The van der Waals surface area contributed by atoms with E-state index in [0.717, 1.165) is 12.1 Å². The van der Waals surface area contributed by atoms with Gasteiger partial charge in [0.15, 0.2) is 5.84 Å². The van der Waals surface area contributed by atoms with Gasteiger partial charge in [-0.25, -0.2) is 8.78 Å². The number of amidine groups is 1. The summed E-state index contributed by atoms with van der Waals surface area (Å²) in [4.78, 5) is 6.87. The number of nitrogens with zero attached hydrogens (tertiary/aromatic N) is 2. The van der Waals surface area contributed by atoms with Crippen molar-refractivity contribution < 1.29 is 13.6 Å². The number of nitrogens with two attached hydrogens (primary N) is 1. The van der Waals surface area contributed by atoms with Crippen molar-refractivity contribution in [2.45, 2.75) is 12.0 Å². The maximum atomic E-state index is 13.9. The molecule has 2 aliphatic rings. The first-order valence-electron chi connectivity index (χ1n) is 5.92. The summed E-state index contributed by atoms with van der Waals surface area (Å²) < 4.78 is 27.9. The molecule has 0 bridgehead atoms. The number of oxime groups is 1. The van der Waals surface area contributed by atoms with Crippen LogP contribution in [0.4, 0.5) is 8.78 Å². The number of benzene rings is 1. The highest BCUT2D eigenvalue weighted by molar-refractivity contribution is 6.30. The summed E-state index contributed by atoms with van der Waals surface area (Å²) in [6.07, 6.45) is 0. The lowest BCUT2D eigenvalue weighted by molar-refractivity contribution is 0.106. The summed E-state index contributed by atoms with van der Waals surface area (Å²) in [7, 11) is 0. The van der Waals surface area contributed by atoms with Crippen molar-refractivity contribution in [3.8, 4) is 0 Å². The van der Waals surface area contributed by atoms with Gasteiger partial charge in [0.2, 0.25) is 0 Å². The van der Waals surface area contributed by atoms with Crippen LogP contribution in [0.25, 0.3) is 0 Å². The predicted octanol–water partition coefficient (Wildman–Crippen LogP) is 1.69. The van der Waals surface area contributed by atoms with Crippen LogP contribution in [-0.4, -0.2) is 36.5 Å². The standard InChI is InChI=1S/C12H12ClF2N3O/c13-6-3-8(14)10(9(15)4-6)7-5-18-1-2-19-17-12(18)11(7)16/h3-4,7,11H,1-2,5,16H2/t7-,11-/m0/s1. The fraction of sp³-hybridized carbons (Fsp3) is 0.417. The van der Waals surface area contributed by atoms with Crippen LogP contribution in [0.5, 0.6) is 0 Å². The molecule has 0 spiro atoms. The monoisotopic (exact) mass is 287 g/mol. The normalized spacial score (nSPS) is 25.9. The largest absolute Gasteiger partial charge is 0.392 e. The average Bonchev–Trinajstić information content (AvgIpc) is 2.66. The minimum Gasteiger partial charge on any atom is -0.392 e. The zero-order chi connectivity index (χ0) is 13.6. The maximum absolute atomic E-state index is 13.9. The van der Waals surface area contributed by atoms with Crippen molar-refractivity contribution in [2.24, 2.45) is 10.9 Å². The molecule has 7 heteroatoms. The van der Waals surface area contributed by atoms with Gasteiger partial charge in [-0.3, -0.25) is 0 Å². The Morgan fingerprint density at radius 2 is 2.05 bits per heavy atom. The van der Waals surface area contributed by atoms with Gasteiger partial charge >= 0.3 is 0 Å². The molecule has 0 saturated carbocycles. The van der Waals surface area contributed by atoms with Gasteiger partial charge in [0.25, 0.3) is 0 Å². The Bertz CT molecular complexity index is 529. The second kappa shape index (κ2) is 4.61. The summed E-state index contributed by atoms with van der Waals surface area (Å²) in [6.45, 7) is 1.51. The maximum Gasteiger partial charge on any atom is 0.162 e. The third-order valence-corrected chi connectivity index (χ3v) is 3.72. The Balaban J connectivity index is 2.00. The topological polar surface area (TPSA) is 50.9 Å². The summed E-state index contributed by atoms with van der Waals surface area (Å²) in [6, 6.07) is 1.62. The van der Waals surface area contributed by atoms with E-state index in [1.807, 2.05) is 4.90 Å². The van der Waals surface area contributed by atoms with Crippen molar-refractivity contribution in [1.82, 2.24) is 4.90 Å². The highest BCUT2D eigenvalue weighted by Gasteiger charge is 2.41. The quantitative estimate of drug-likeness (QED) is 0.855. The van der Waals surface area contributed by atoms with Gasteiger partial charge < -0.3 is 15.5 Å². The number of fused-ring (bicyclic) bond motifs is 1. The smallest absolute Gasteiger partial charge is 0.162 e. The third kappa shape index (κ3) is 2.04. The van der Waals surface area contributed by atoms with Crippen LogP contribution in [0, 0.1) is 11.6 Å². The molecule has 0 amide bonds. The van der Waals surface area contributed by atoms with E-state index in [1.54, 1.807) is 0 Å². The van der Waals surface area contributed by atoms with E-state index >= 15 is 0 Å². The highest BCUT2D eigenvalue weighted by atomic mass is 35.5. The zero-order valence-electron chi connectivity index (χ0n) is 9.94. The Morgan fingerprint density at radius 1 is 1.37 bits per heavy atom. The molecule has 0 radical (unpaired) electrons. The van der Waals surface area contributed by atoms with E-state index in [9.17, 15) is 8.78 Å². The first-order chi connectivity index (χ1) is 9.08. The molecular formula is C12H12ClF2N3O. The minimum absolute atomic E-state index is 0.0312. The van der Waals surface area contributed by atoms with E-state index in [4.69, 9.17) is 22.2 Å². The zero-order valence-corrected chi connectivity index (χ0v) is 10.7. The Hall–Kier alpha value is -1.40. The van der Waals surface area contributed by atoms with Crippen LogP contribution < -0.4 is 5.73 Å². The number of halogens is 3. The molecule has 19 heavy (non-hydrogen) atoms. The number of hydrogen-bond donors (Lipinski definition) is 1. The van der Waals surface area contributed by atoms with Crippen LogP contribution in [0.15, 0.2) is 17.3 Å². The highest BCUT2D eigenvalue weighted by Crippen LogP contribution is 2.33. The Morgan fingerprint density at radius 3 is 2.68 bits per heavy atom. The van der Waals surface area contributed by atoms with Gasteiger partial charge in [-0.05, 0) is 12.1 Å². The molecule has 2 aliphatic heterocycles. The first kappa shape index (κ1) is 12.6. The van der Waals surface area contributed by atoms with Crippen LogP contribution in [0.3, 0.4) is 0 Å². The van der Waals surface area contributed by atoms with Crippen molar-refractivity contribution in [3.05, 3.63) is 34.4 Å². The molecule has 102 valence electrons. The first-order valence-corrected chi connectivity index (χ1v) is 6.30. The van der Waals surface area contributed by atoms with Crippen LogP contribution in [0.2, 0.25) is 5.02 Å². The SMILES string of the molecule is N[C@@H]1C2=NOCCN2C[C@H]1c1c(F)cc(Cl)cc1F. The van der Waals surface area contributed by atoms with Crippen LogP contribution in [-0.2, 0) is 4.84 Å². The molecule has 1 aromatic carbocycles. The fourth-order valence-corrected chi connectivity index (χ4v) is 2.79. The van der Waals surface area contributed by atoms with Crippen molar-refractivity contribution in [3.63, 3.8) is 0 Å². The van der Waals surface area contributed by atoms with Gasteiger partial charge in [-0.15, -0.1) is 0 Å². The summed E-state index contributed by atoms with van der Waals surface area (Å²) in [5, 5.41) is 3.90. The molecule has 2 heterocycles. The van der Waals surface area contributed by atoms with Gasteiger partial charge in [-0.2, -0.15) is 0 Å². The molecule has 0 aromatic heterocycles. The van der Waals surface area contributed by atoms with Crippen molar-refractivity contribution in [1.29, 1.82) is 0 Å². The van der Waals surface area contributed by atoms with Gasteiger partial charge in [0.1, 0.15) is 18.2 Å². The Kier molecular flexibility index (Phi) is 3.06. The molecule has 4 nitrogen and oxygen atoms in total. The van der Waals surface area contributed by atoms with E-state index in [2.05, 4.69) is 5.16 Å². The average molecular weight is 288 g/mol. The van der Waals surface area contributed by atoms with E-state index < -0.39 is 23.6 Å². The molecule has 1 aromatic rings.